The van der Waals surface area contributed by atoms with Crippen molar-refractivity contribution in [2.45, 2.75) is 43.9 Å². The van der Waals surface area contributed by atoms with Gasteiger partial charge in [0, 0.05) is 61.0 Å². The molecule has 2 heterocycles. The lowest BCUT2D eigenvalue weighted by atomic mass is 10.1. The number of hydrogen-bond donors (Lipinski definition) is 1. The molecule has 10 heteroatoms. The number of aromatic nitrogens is 2. The van der Waals surface area contributed by atoms with Crippen molar-refractivity contribution >= 4 is 29.2 Å². The maximum atomic E-state index is 13.1. The van der Waals surface area contributed by atoms with Crippen molar-refractivity contribution in [2.24, 2.45) is 0 Å². The molecule has 0 radical (unpaired) electrons. The minimum Gasteiger partial charge on any atom is -0.368 e. The Morgan fingerprint density at radius 1 is 1.00 bits per heavy atom. The van der Waals surface area contributed by atoms with E-state index in [1.54, 1.807) is 12.1 Å². The number of nitrogens with one attached hydrogen (secondary N) is 1. The molecule has 2 aromatic carbocycles. The van der Waals surface area contributed by atoms with Gasteiger partial charge in [-0.2, -0.15) is 13.2 Å². The summed E-state index contributed by atoms with van der Waals surface area (Å²) in [5.41, 5.74) is 2.41. The molecule has 4 rings (SSSR count). The second-order valence-corrected chi connectivity index (χ2v) is 10.2. The molecule has 1 fully saturated rings. The first kappa shape index (κ1) is 26.8. The maximum Gasteiger partial charge on any atom is 0.416 e. The van der Waals surface area contributed by atoms with E-state index in [0.29, 0.717) is 48.3 Å². The van der Waals surface area contributed by atoms with E-state index >= 15 is 0 Å². The summed E-state index contributed by atoms with van der Waals surface area (Å²) in [5, 5.41) is 3.55. The van der Waals surface area contributed by atoms with E-state index in [-0.39, 0.29) is 11.9 Å². The molecular formula is C27H30F3N5OS. The monoisotopic (exact) mass is 529 g/mol. The number of carbonyl (C=O) groups excluding carboxylic acids is 1. The quantitative estimate of drug-likeness (QED) is 0.319. The van der Waals surface area contributed by atoms with Gasteiger partial charge < -0.3 is 15.1 Å². The van der Waals surface area contributed by atoms with Crippen LogP contribution in [0.1, 0.15) is 41.0 Å². The molecular weight excluding hydrogens is 499 g/mol. The van der Waals surface area contributed by atoms with Gasteiger partial charge in [0.15, 0.2) is 5.16 Å². The van der Waals surface area contributed by atoms with E-state index in [4.69, 9.17) is 4.98 Å². The number of nitrogens with zero attached hydrogens (tertiary/aromatic N) is 4. The zero-order valence-electron chi connectivity index (χ0n) is 21.0. The molecule has 1 amide bonds. The van der Waals surface area contributed by atoms with E-state index in [1.165, 1.54) is 23.9 Å². The Labute approximate surface area is 219 Å². The number of anilines is 2. The number of hydrogen-bond acceptors (Lipinski definition) is 6. The van der Waals surface area contributed by atoms with Gasteiger partial charge in [-0.05, 0) is 56.7 Å². The summed E-state index contributed by atoms with van der Waals surface area (Å²) in [6, 6.07) is 15.0. The minimum absolute atomic E-state index is 0.0663. The summed E-state index contributed by atoms with van der Waals surface area (Å²) in [6.07, 6.45) is -4.35. The molecule has 1 saturated heterocycles. The molecule has 1 aliphatic rings. The molecule has 1 aromatic heterocycles. The fourth-order valence-corrected chi connectivity index (χ4v) is 4.96. The lowest BCUT2D eigenvalue weighted by Gasteiger charge is -2.37. The van der Waals surface area contributed by atoms with Gasteiger partial charge in [-0.25, -0.2) is 9.97 Å². The number of benzene rings is 2. The molecule has 1 N–H and O–H groups in total. The smallest absolute Gasteiger partial charge is 0.368 e. The molecule has 0 spiro atoms. The lowest BCUT2D eigenvalue weighted by molar-refractivity contribution is -0.137. The van der Waals surface area contributed by atoms with Crippen LogP contribution in [0.25, 0.3) is 0 Å². The van der Waals surface area contributed by atoms with E-state index in [1.807, 2.05) is 49.9 Å². The predicted octanol–water partition coefficient (Wildman–Crippen LogP) is 5.56. The highest BCUT2D eigenvalue weighted by Gasteiger charge is 2.31. The second kappa shape index (κ2) is 11.4. The highest BCUT2D eigenvalue weighted by Crippen LogP contribution is 2.32. The third kappa shape index (κ3) is 7.15. The van der Waals surface area contributed by atoms with Gasteiger partial charge in [0.1, 0.15) is 5.82 Å². The third-order valence-electron chi connectivity index (χ3n) is 5.94. The van der Waals surface area contributed by atoms with E-state index in [0.717, 1.165) is 23.1 Å². The summed E-state index contributed by atoms with van der Waals surface area (Å²) in [4.78, 5) is 25.7. The lowest BCUT2D eigenvalue weighted by Crippen LogP contribution is -2.47. The van der Waals surface area contributed by atoms with Crippen molar-refractivity contribution in [1.29, 1.82) is 0 Å². The van der Waals surface area contributed by atoms with Crippen molar-refractivity contribution in [3.8, 4) is 0 Å². The van der Waals surface area contributed by atoms with Gasteiger partial charge >= 0.3 is 6.18 Å². The summed E-state index contributed by atoms with van der Waals surface area (Å²) < 4.78 is 39.3. The molecule has 3 aromatic rings. The highest BCUT2D eigenvalue weighted by molar-refractivity contribution is 7.98. The maximum absolute atomic E-state index is 13.1. The molecule has 37 heavy (non-hydrogen) atoms. The molecule has 1 aliphatic heterocycles. The van der Waals surface area contributed by atoms with Crippen LogP contribution in [0, 0.1) is 6.92 Å². The van der Waals surface area contributed by atoms with Crippen LogP contribution in [0.3, 0.4) is 0 Å². The Balaban J connectivity index is 1.39. The second-order valence-electron chi connectivity index (χ2n) is 9.29. The van der Waals surface area contributed by atoms with Gasteiger partial charge in [-0.15, -0.1) is 0 Å². The first-order valence-electron chi connectivity index (χ1n) is 12.1. The van der Waals surface area contributed by atoms with Gasteiger partial charge in [0.25, 0.3) is 5.91 Å². The van der Waals surface area contributed by atoms with Crippen molar-refractivity contribution in [3.63, 3.8) is 0 Å². The van der Waals surface area contributed by atoms with Crippen LogP contribution < -0.4 is 15.1 Å². The number of aryl methyl sites for hydroxylation is 1. The number of thioether (sulfide) groups is 1. The number of piperazine rings is 1. The van der Waals surface area contributed by atoms with Crippen molar-refractivity contribution in [3.05, 3.63) is 77.0 Å². The highest BCUT2D eigenvalue weighted by atomic mass is 32.2. The fourth-order valence-electron chi connectivity index (χ4n) is 4.12. The molecule has 0 unspecified atom stereocenters. The molecule has 0 saturated carbocycles. The summed E-state index contributed by atoms with van der Waals surface area (Å²) >= 11 is 1.50. The normalized spacial score (nSPS) is 14.2. The zero-order chi connectivity index (χ0) is 26.6. The Hall–Kier alpha value is -3.27. The van der Waals surface area contributed by atoms with Gasteiger partial charge in [0.05, 0.1) is 5.56 Å². The van der Waals surface area contributed by atoms with Crippen LogP contribution in [0.15, 0.2) is 59.8 Å². The molecule has 196 valence electrons. The third-order valence-corrected chi connectivity index (χ3v) is 6.86. The molecule has 6 nitrogen and oxygen atoms in total. The summed E-state index contributed by atoms with van der Waals surface area (Å²) in [6.45, 7) is 8.25. The summed E-state index contributed by atoms with van der Waals surface area (Å²) in [7, 11) is 0. The Morgan fingerprint density at radius 2 is 1.70 bits per heavy atom. The Bertz CT molecular complexity index is 1240. The van der Waals surface area contributed by atoms with Crippen molar-refractivity contribution < 1.29 is 18.0 Å². The number of halogens is 3. The first-order valence-corrected chi connectivity index (χ1v) is 13.1. The zero-order valence-corrected chi connectivity index (χ0v) is 21.9. The fraction of sp³-hybridized carbons (Fsp3) is 0.370. The predicted molar refractivity (Wildman–Crippen MR) is 141 cm³/mol. The van der Waals surface area contributed by atoms with Crippen LogP contribution in [-0.2, 0) is 11.9 Å². The topological polar surface area (TPSA) is 61.4 Å². The molecule has 0 bridgehead atoms. The van der Waals surface area contributed by atoms with Crippen LogP contribution >= 0.6 is 11.8 Å². The van der Waals surface area contributed by atoms with Crippen LogP contribution in [-0.4, -0.2) is 48.1 Å². The first-order chi connectivity index (χ1) is 17.6. The van der Waals surface area contributed by atoms with Crippen LogP contribution in [0.5, 0.6) is 0 Å². The molecule has 0 atom stereocenters. The van der Waals surface area contributed by atoms with Crippen molar-refractivity contribution in [1.82, 2.24) is 15.3 Å². The Morgan fingerprint density at radius 3 is 2.41 bits per heavy atom. The SMILES string of the molecule is Cc1cc(N2CCN(c3cccc(C(F)(F)F)c3)CC2)nc(SCc2cccc(C(=O)NC(C)C)c2)n1. The van der Waals surface area contributed by atoms with E-state index < -0.39 is 11.7 Å². The van der Waals surface area contributed by atoms with Crippen molar-refractivity contribution in [2.75, 3.05) is 36.0 Å². The van der Waals surface area contributed by atoms with Crippen LogP contribution in [0.4, 0.5) is 24.7 Å². The molecule has 0 aliphatic carbocycles. The van der Waals surface area contributed by atoms with Gasteiger partial charge in [0.2, 0.25) is 0 Å². The number of amides is 1. The minimum atomic E-state index is -4.35. The van der Waals surface area contributed by atoms with Gasteiger partial charge in [-0.3, -0.25) is 4.79 Å². The average Bonchev–Trinajstić information content (AvgIpc) is 2.87. The average molecular weight is 530 g/mol. The Kier molecular flexibility index (Phi) is 8.26. The number of alkyl halides is 3. The largest absolute Gasteiger partial charge is 0.416 e. The van der Waals surface area contributed by atoms with Gasteiger partial charge in [-0.1, -0.05) is 30.0 Å². The number of carbonyl (C=O) groups is 1. The van der Waals surface area contributed by atoms with E-state index in [9.17, 15) is 18.0 Å². The van der Waals surface area contributed by atoms with E-state index in [2.05, 4.69) is 15.2 Å². The standard InChI is InChI=1S/C27H30F3N5OS/c1-18(2)31-25(36)21-7-4-6-20(15-21)17-37-26-32-19(3)14-24(33-26)35-12-10-34(11-13-35)23-9-5-8-22(16-23)27(28,29)30/h4-9,14-16,18H,10-13,17H2,1-3H3,(H,31,36). The summed E-state index contributed by atoms with van der Waals surface area (Å²) in [5.74, 6) is 1.33. The van der Waals surface area contributed by atoms with Crippen LogP contribution in [0.2, 0.25) is 0 Å². The number of rotatable bonds is 7.